The standard InChI is InChI=1S/C14H24N2O2/c1-14(2,3)9-13(16-15)10-6-11(17-4)8-12(7-10)18-5/h6-8,13,16H,9,15H2,1-5H3. The molecule has 18 heavy (non-hydrogen) atoms. The highest BCUT2D eigenvalue weighted by Gasteiger charge is 2.20. The zero-order valence-corrected chi connectivity index (χ0v) is 11.9. The molecule has 4 nitrogen and oxygen atoms in total. The minimum absolute atomic E-state index is 0.0778. The fourth-order valence-electron chi connectivity index (χ4n) is 1.92. The van der Waals surface area contributed by atoms with Crippen molar-refractivity contribution in [2.24, 2.45) is 11.3 Å². The molecule has 0 aliphatic carbocycles. The number of benzene rings is 1. The highest BCUT2D eigenvalue weighted by molar-refractivity contribution is 5.39. The molecule has 0 bridgehead atoms. The van der Waals surface area contributed by atoms with E-state index in [-0.39, 0.29) is 11.5 Å². The lowest BCUT2D eigenvalue weighted by molar-refractivity contribution is 0.311. The van der Waals surface area contributed by atoms with E-state index in [9.17, 15) is 0 Å². The van der Waals surface area contributed by atoms with Gasteiger partial charge in [-0.1, -0.05) is 20.8 Å². The number of hydrogen-bond donors (Lipinski definition) is 2. The Labute approximate surface area is 109 Å². The number of hydrazine groups is 1. The summed E-state index contributed by atoms with van der Waals surface area (Å²) in [4.78, 5) is 0. The van der Waals surface area contributed by atoms with Crippen molar-refractivity contribution in [2.45, 2.75) is 33.2 Å². The summed E-state index contributed by atoms with van der Waals surface area (Å²) in [7, 11) is 3.29. The second kappa shape index (κ2) is 6.07. The summed E-state index contributed by atoms with van der Waals surface area (Å²) in [6.45, 7) is 6.57. The van der Waals surface area contributed by atoms with Gasteiger partial charge in [0, 0.05) is 12.1 Å². The largest absolute Gasteiger partial charge is 0.497 e. The van der Waals surface area contributed by atoms with E-state index in [2.05, 4.69) is 26.2 Å². The van der Waals surface area contributed by atoms with Crippen molar-refractivity contribution in [3.63, 3.8) is 0 Å². The van der Waals surface area contributed by atoms with Crippen LogP contribution in [0.4, 0.5) is 0 Å². The summed E-state index contributed by atoms with van der Waals surface area (Å²) in [6, 6.07) is 5.90. The molecule has 3 N–H and O–H groups in total. The molecular weight excluding hydrogens is 228 g/mol. The summed E-state index contributed by atoms with van der Waals surface area (Å²) >= 11 is 0. The average molecular weight is 252 g/mol. The van der Waals surface area contributed by atoms with Crippen LogP contribution in [0.15, 0.2) is 18.2 Å². The van der Waals surface area contributed by atoms with Gasteiger partial charge >= 0.3 is 0 Å². The Bertz CT molecular complexity index is 364. The Kier molecular flexibility index (Phi) is 4.99. The van der Waals surface area contributed by atoms with Gasteiger partial charge in [0.05, 0.1) is 14.2 Å². The van der Waals surface area contributed by atoms with Crippen LogP contribution in [0.25, 0.3) is 0 Å². The van der Waals surface area contributed by atoms with E-state index in [1.54, 1.807) is 14.2 Å². The lowest BCUT2D eigenvalue weighted by Gasteiger charge is -2.26. The quantitative estimate of drug-likeness (QED) is 0.625. The molecule has 0 aliphatic rings. The van der Waals surface area contributed by atoms with Crippen LogP contribution in [0, 0.1) is 5.41 Å². The first-order valence-corrected chi connectivity index (χ1v) is 6.08. The first kappa shape index (κ1) is 14.8. The number of rotatable bonds is 5. The van der Waals surface area contributed by atoms with Gasteiger partial charge in [-0.15, -0.1) is 0 Å². The number of hydrogen-bond acceptors (Lipinski definition) is 4. The van der Waals surface area contributed by atoms with E-state index in [4.69, 9.17) is 15.3 Å². The maximum atomic E-state index is 5.66. The van der Waals surface area contributed by atoms with Crippen LogP contribution < -0.4 is 20.7 Å². The number of ether oxygens (including phenoxy) is 2. The van der Waals surface area contributed by atoms with Crippen molar-refractivity contribution in [3.8, 4) is 11.5 Å². The van der Waals surface area contributed by atoms with Crippen LogP contribution >= 0.6 is 0 Å². The van der Waals surface area contributed by atoms with Crippen molar-refractivity contribution >= 4 is 0 Å². The fraction of sp³-hybridized carbons (Fsp3) is 0.571. The van der Waals surface area contributed by atoms with E-state index >= 15 is 0 Å². The molecule has 1 aromatic carbocycles. The number of nitrogens with one attached hydrogen (secondary N) is 1. The van der Waals surface area contributed by atoms with Gasteiger partial charge in [-0.05, 0) is 29.5 Å². The Morgan fingerprint density at radius 2 is 1.61 bits per heavy atom. The topological polar surface area (TPSA) is 56.5 Å². The zero-order valence-electron chi connectivity index (χ0n) is 11.9. The highest BCUT2D eigenvalue weighted by Crippen LogP contribution is 2.32. The maximum absolute atomic E-state index is 5.66. The first-order chi connectivity index (χ1) is 8.39. The molecule has 0 amide bonds. The Balaban J connectivity index is 3.04. The maximum Gasteiger partial charge on any atom is 0.122 e. The van der Waals surface area contributed by atoms with Crippen LogP contribution in [0.3, 0.4) is 0 Å². The van der Waals surface area contributed by atoms with Crippen molar-refractivity contribution in [2.75, 3.05) is 14.2 Å². The molecule has 1 aromatic rings. The molecule has 0 saturated carbocycles. The monoisotopic (exact) mass is 252 g/mol. The molecule has 0 aliphatic heterocycles. The minimum atomic E-state index is 0.0778. The smallest absolute Gasteiger partial charge is 0.122 e. The predicted molar refractivity (Wildman–Crippen MR) is 73.7 cm³/mol. The van der Waals surface area contributed by atoms with Gasteiger partial charge in [-0.2, -0.15) is 0 Å². The van der Waals surface area contributed by atoms with Crippen molar-refractivity contribution in [3.05, 3.63) is 23.8 Å². The van der Waals surface area contributed by atoms with E-state index in [0.29, 0.717) is 0 Å². The van der Waals surface area contributed by atoms with Gasteiger partial charge in [-0.25, -0.2) is 0 Å². The Morgan fingerprint density at radius 1 is 1.11 bits per heavy atom. The van der Waals surface area contributed by atoms with Crippen molar-refractivity contribution < 1.29 is 9.47 Å². The normalized spacial score (nSPS) is 13.2. The zero-order chi connectivity index (χ0) is 13.8. The minimum Gasteiger partial charge on any atom is -0.497 e. The third-order valence-electron chi connectivity index (χ3n) is 2.79. The molecule has 102 valence electrons. The molecular formula is C14H24N2O2. The molecule has 0 spiro atoms. The van der Waals surface area contributed by atoms with Crippen LogP contribution in [0.1, 0.15) is 38.8 Å². The first-order valence-electron chi connectivity index (χ1n) is 6.08. The van der Waals surface area contributed by atoms with Crippen LogP contribution in [-0.2, 0) is 0 Å². The van der Waals surface area contributed by atoms with E-state index in [0.717, 1.165) is 23.5 Å². The molecule has 0 fully saturated rings. The number of methoxy groups -OCH3 is 2. The van der Waals surface area contributed by atoms with Crippen LogP contribution in [0.5, 0.6) is 11.5 Å². The summed E-state index contributed by atoms with van der Waals surface area (Å²) in [5.74, 6) is 7.22. The second-order valence-corrected chi connectivity index (χ2v) is 5.63. The SMILES string of the molecule is COc1cc(OC)cc(C(CC(C)(C)C)NN)c1. The van der Waals surface area contributed by atoms with Crippen molar-refractivity contribution in [1.82, 2.24) is 5.43 Å². The fourth-order valence-corrected chi connectivity index (χ4v) is 1.92. The Morgan fingerprint density at radius 3 is 1.94 bits per heavy atom. The molecule has 0 heterocycles. The predicted octanol–water partition coefficient (Wildman–Crippen LogP) is 2.64. The third kappa shape index (κ3) is 4.20. The molecule has 1 unspecified atom stereocenters. The van der Waals surface area contributed by atoms with Gasteiger partial charge in [0.2, 0.25) is 0 Å². The molecule has 4 heteroatoms. The summed E-state index contributed by atoms with van der Waals surface area (Å²) < 4.78 is 10.5. The van der Waals surface area contributed by atoms with Gasteiger partial charge in [0.15, 0.2) is 0 Å². The lowest BCUT2D eigenvalue weighted by Crippen LogP contribution is -2.31. The molecule has 1 atom stereocenters. The molecule has 0 aromatic heterocycles. The van der Waals surface area contributed by atoms with Gasteiger partial charge in [-0.3, -0.25) is 11.3 Å². The Hall–Kier alpha value is -1.26. The van der Waals surface area contributed by atoms with Gasteiger partial charge in [0.25, 0.3) is 0 Å². The van der Waals surface area contributed by atoms with Gasteiger partial charge in [0.1, 0.15) is 11.5 Å². The van der Waals surface area contributed by atoms with Gasteiger partial charge < -0.3 is 9.47 Å². The lowest BCUT2D eigenvalue weighted by atomic mass is 9.85. The summed E-state index contributed by atoms with van der Waals surface area (Å²) in [5, 5.41) is 0. The van der Waals surface area contributed by atoms with E-state index in [1.807, 2.05) is 18.2 Å². The number of nitrogens with two attached hydrogens (primary N) is 1. The summed E-state index contributed by atoms with van der Waals surface area (Å²) in [5.41, 5.74) is 4.13. The molecule has 0 radical (unpaired) electrons. The second-order valence-electron chi connectivity index (χ2n) is 5.63. The average Bonchev–Trinajstić information content (AvgIpc) is 2.34. The molecule has 0 saturated heterocycles. The van der Waals surface area contributed by atoms with Crippen LogP contribution in [-0.4, -0.2) is 14.2 Å². The van der Waals surface area contributed by atoms with Crippen LogP contribution in [0.2, 0.25) is 0 Å². The van der Waals surface area contributed by atoms with Crippen molar-refractivity contribution in [1.29, 1.82) is 0 Å². The molecule has 1 rings (SSSR count). The van der Waals surface area contributed by atoms with E-state index < -0.39 is 0 Å². The third-order valence-corrected chi connectivity index (χ3v) is 2.79. The summed E-state index contributed by atoms with van der Waals surface area (Å²) in [6.07, 6.45) is 0.930. The van der Waals surface area contributed by atoms with E-state index in [1.165, 1.54) is 0 Å². The highest BCUT2D eigenvalue weighted by atomic mass is 16.5.